The van der Waals surface area contributed by atoms with Gasteiger partial charge in [-0.1, -0.05) is 13.8 Å². The highest BCUT2D eigenvalue weighted by Crippen LogP contribution is 2.36. The van der Waals surface area contributed by atoms with Crippen molar-refractivity contribution in [3.05, 3.63) is 0 Å². The fourth-order valence-electron chi connectivity index (χ4n) is 2.24. The third-order valence-electron chi connectivity index (χ3n) is 3.27. The molecule has 3 nitrogen and oxygen atoms in total. The first-order chi connectivity index (χ1) is 6.93. The molecule has 2 atom stereocenters. The largest absolute Gasteiger partial charge is 0.480 e. The zero-order valence-corrected chi connectivity index (χ0v) is 10.2. The van der Waals surface area contributed by atoms with E-state index >= 15 is 0 Å². The van der Waals surface area contributed by atoms with Gasteiger partial charge >= 0.3 is 5.97 Å². The molecule has 1 saturated carbocycles. The quantitative estimate of drug-likeness (QED) is 0.735. The van der Waals surface area contributed by atoms with Gasteiger partial charge in [-0.25, -0.2) is 0 Å². The van der Waals surface area contributed by atoms with Crippen molar-refractivity contribution in [2.24, 2.45) is 11.8 Å². The molecule has 1 fully saturated rings. The van der Waals surface area contributed by atoms with Crippen LogP contribution in [0.4, 0.5) is 0 Å². The van der Waals surface area contributed by atoms with Gasteiger partial charge in [0, 0.05) is 6.04 Å². The molecule has 1 rings (SSSR count). The number of hydrogen-bond donors (Lipinski definition) is 1. The summed E-state index contributed by atoms with van der Waals surface area (Å²) in [5, 5.41) is 9.20. The monoisotopic (exact) mass is 213 g/mol. The van der Waals surface area contributed by atoms with E-state index in [9.17, 15) is 9.90 Å². The highest BCUT2D eigenvalue weighted by Gasteiger charge is 2.40. The van der Waals surface area contributed by atoms with Gasteiger partial charge in [-0.3, -0.25) is 9.69 Å². The van der Waals surface area contributed by atoms with Gasteiger partial charge in [-0.2, -0.15) is 0 Å². The molecule has 0 radical (unpaired) electrons. The molecular formula is C12H23NO2. The van der Waals surface area contributed by atoms with Crippen LogP contribution in [0.1, 0.15) is 40.0 Å². The average Bonchev–Trinajstić information content (AvgIpc) is 2.86. The second-order valence-electron chi connectivity index (χ2n) is 5.26. The standard InChI is InChI=1S/C12H23NO2/c1-8(2)7-9(3)13(4)11(12(14)15)10-5-6-10/h8-11H,5-7H2,1-4H3,(H,14,15). The maximum atomic E-state index is 11.2. The van der Waals surface area contributed by atoms with Crippen molar-refractivity contribution in [1.29, 1.82) is 0 Å². The van der Waals surface area contributed by atoms with E-state index in [0.717, 1.165) is 19.3 Å². The number of nitrogens with zero attached hydrogens (tertiary/aromatic N) is 1. The van der Waals surface area contributed by atoms with E-state index in [1.807, 2.05) is 11.9 Å². The lowest BCUT2D eigenvalue weighted by atomic mass is 10.0. The second kappa shape index (κ2) is 4.97. The topological polar surface area (TPSA) is 40.5 Å². The zero-order chi connectivity index (χ0) is 11.6. The molecule has 0 aromatic rings. The Kier molecular flexibility index (Phi) is 4.14. The number of likely N-dealkylation sites (N-methyl/N-ethyl adjacent to an activating group) is 1. The van der Waals surface area contributed by atoms with Crippen LogP contribution in [0.3, 0.4) is 0 Å². The van der Waals surface area contributed by atoms with Crippen LogP contribution >= 0.6 is 0 Å². The second-order valence-corrected chi connectivity index (χ2v) is 5.26. The van der Waals surface area contributed by atoms with E-state index in [2.05, 4.69) is 20.8 Å². The van der Waals surface area contributed by atoms with E-state index in [4.69, 9.17) is 0 Å². The van der Waals surface area contributed by atoms with Crippen molar-refractivity contribution in [2.75, 3.05) is 7.05 Å². The molecule has 0 amide bonds. The molecule has 0 saturated heterocycles. The van der Waals surface area contributed by atoms with E-state index in [0.29, 0.717) is 17.9 Å². The van der Waals surface area contributed by atoms with Crippen LogP contribution < -0.4 is 0 Å². The summed E-state index contributed by atoms with van der Waals surface area (Å²) in [4.78, 5) is 13.2. The number of carboxylic acids is 1. The Morgan fingerprint density at radius 1 is 1.40 bits per heavy atom. The molecule has 15 heavy (non-hydrogen) atoms. The van der Waals surface area contributed by atoms with Crippen LogP contribution in [0.5, 0.6) is 0 Å². The summed E-state index contributed by atoms with van der Waals surface area (Å²) in [7, 11) is 1.95. The summed E-state index contributed by atoms with van der Waals surface area (Å²) in [6.45, 7) is 6.48. The lowest BCUT2D eigenvalue weighted by Gasteiger charge is -2.31. The third-order valence-corrected chi connectivity index (χ3v) is 3.27. The first kappa shape index (κ1) is 12.5. The van der Waals surface area contributed by atoms with Crippen molar-refractivity contribution in [2.45, 2.75) is 52.1 Å². The SMILES string of the molecule is CC(C)CC(C)N(C)C(C(=O)O)C1CC1. The van der Waals surface area contributed by atoms with Crippen LogP contribution in [0.25, 0.3) is 0 Å². The van der Waals surface area contributed by atoms with Crippen LogP contribution in [0, 0.1) is 11.8 Å². The van der Waals surface area contributed by atoms with Crippen LogP contribution in [-0.2, 0) is 4.79 Å². The van der Waals surface area contributed by atoms with Crippen LogP contribution in [0.15, 0.2) is 0 Å². The smallest absolute Gasteiger partial charge is 0.321 e. The van der Waals surface area contributed by atoms with E-state index in [1.165, 1.54) is 0 Å². The minimum Gasteiger partial charge on any atom is -0.480 e. The van der Waals surface area contributed by atoms with E-state index < -0.39 is 5.97 Å². The summed E-state index contributed by atoms with van der Waals surface area (Å²) >= 11 is 0. The Hall–Kier alpha value is -0.570. The van der Waals surface area contributed by atoms with Crippen molar-refractivity contribution in [1.82, 2.24) is 4.90 Å². The van der Waals surface area contributed by atoms with Gasteiger partial charge in [0.05, 0.1) is 0 Å². The molecule has 1 N–H and O–H groups in total. The summed E-state index contributed by atoms with van der Waals surface area (Å²) in [5.41, 5.74) is 0. The summed E-state index contributed by atoms with van der Waals surface area (Å²) in [6.07, 6.45) is 3.22. The number of carboxylic acid groups (broad SMARTS) is 1. The fraction of sp³-hybridized carbons (Fsp3) is 0.917. The Labute approximate surface area is 92.5 Å². The Balaban J connectivity index is 2.54. The molecule has 0 aromatic heterocycles. The van der Waals surface area contributed by atoms with Gasteiger partial charge in [-0.05, 0) is 45.1 Å². The molecule has 3 heteroatoms. The number of rotatable bonds is 6. The molecule has 0 spiro atoms. The van der Waals surface area contributed by atoms with Gasteiger partial charge in [0.1, 0.15) is 6.04 Å². The van der Waals surface area contributed by atoms with E-state index in [-0.39, 0.29) is 6.04 Å². The van der Waals surface area contributed by atoms with Gasteiger partial charge in [0.2, 0.25) is 0 Å². The predicted molar refractivity (Wildman–Crippen MR) is 60.8 cm³/mol. The zero-order valence-electron chi connectivity index (χ0n) is 10.2. The first-order valence-corrected chi connectivity index (χ1v) is 5.88. The Morgan fingerprint density at radius 3 is 2.27 bits per heavy atom. The van der Waals surface area contributed by atoms with Crippen molar-refractivity contribution in [3.63, 3.8) is 0 Å². The average molecular weight is 213 g/mol. The fourth-order valence-corrected chi connectivity index (χ4v) is 2.24. The molecule has 1 aliphatic carbocycles. The van der Waals surface area contributed by atoms with Gasteiger partial charge in [-0.15, -0.1) is 0 Å². The molecule has 0 bridgehead atoms. The first-order valence-electron chi connectivity index (χ1n) is 5.88. The number of aliphatic carboxylic acids is 1. The van der Waals surface area contributed by atoms with Crippen molar-refractivity contribution >= 4 is 5.97 Å². The number of hydrogen-bond acceptors (Lipinski definition) is 2. The van der Waals surface area contributed by atoms with Gasteiger partial charge < -0.3 is 5.11 Å². The minimum atomic E-state index is -0.657. The highest BCUT2D eigenvalue weighted by molar-refractivity contribution is 5.74. The van der Waals surface area contributed by atoms with Crippen LogP contribution in [0.2, 0.25) is 0 Å². The highest BCUT2D eigenvalue weighted by atomic mass is 16.4. The lowest BCUT2D eigenvalue weighted by molar-refractivity contribution is -0.144. The minimum absolute atomic E-state index is 0.265. The molecule has 88 valence electrons. The number of carbonyl (C=O) groups is 1. The molecule has 0 heterocycles. The molecule has 0 aromatic carbocycles. The lowest BCUT2D eigenvalue weighted by Crippen LogP contribution is -2.45. The molecule has 1 aliphatic rings. The van der Waals surface area contributed by atoms with Gasteiger partial charge in [0.15, 0.2) is 0 Å². The van der Waals surface area contributed by atoms with Crippen molar-refractivity contribution in [3.8, 4) is 0 Å². The van der Waals surface area contributed by atoms with E-state index in [1.54, 1.807) is 0 Å². The molecule has 2 unspecified atom stereocenters. The van der Waals surface area contributed by atoms with Crippen molar-refractivity contribution < 1.29 is 9.90 Å². The molecular weight excluding hydrogens is 190 g/mol. The van der Waals surface area contributed by atoms with Gasteiger partial charge in [0.25, 0.3) is 0 Å². The van der Waals surface area contributed by atoms with Crippen LogP contribution in [-0.4, -0.2) is 35.1 Å². The maximum Gasteiger partial charge on any atom is 0.321 e. The Bertz CT molecular complexity index is 224. The summed E-state index contributed by atoms with van der Waals surface area (Å²) < 4.78 is 0. The predicted octanol–water partition coefficient (Wildman–Crippen LogP) is 2.22. The normalized spacial score (nSPS) is 20.7. The summed E-state index contributed by atoms with van der Waals surface area (Å²) in [5.74, 6) is 0.355. The summed E-state index contributed by atoms with van der Waals surface area (Å²) in [6, 6.07) is 0.0884. The Morgan fingerprint density at radius 2 is 1.93 bits per heavy atom. The molecule has 0 aliphatic heterocycles. The third kappa shape index (κ3) is 3.49. The maximum absolute atomic E-state index is 11.2.